The first-order valence-corrected chi connectivity index (χ1v) is 3.83. The molecule has 2 aromatic heterocycles. The Bertz CT molecular complexity index is 385. The van der Waals surface area contributed by atoms with Crippen LogP contribution in [0.4, 0.5) is 0 Å². The van der Waals surface area contributed by atoms with Gasteiger partial charge in [0.2, 0.25) is 0 Å². The predicted molar refractivity (Wildman–Crippen MR) is 45.1 cm³/mol. The second kappa shape index (κ2) is 3.32. The Morgan fingerprint density at radius 2 is 2.00 bits per heavy atom. The van der Waals surface area contributed by atoms with Crippen molar-refractivity contribution in [3.8, 4) is 5.82 Å². The van der Waals surface area contributed by atoms with Gasteiger partial charge in [-0.05, 0) is 12.1 Å². The number of aliphatic hydroxyl groups excluding tert-OH is 1. The van der Waals surface area contributed by atoms with Gasteiger partial charge >= 0.3 is 0 Å². The van der Waals surface area contributed by atoms with Crippen LogP contribution < -0.4 is 0 Å². The van der Waals surface area contributed by atoms with Crippen LogP contribution >= 0.6 is 0 Å². The summed E-state index contributed by atoms with van der Waals surface area (Å²) < 4.78 is 0. The molecule has 2 aromatic rings. The van der Waals surface area contributed by atoms with Crippen LogP contribution in [0, 0.1) is 0 Å². The van der Waals surface area contributed by atoms with Crippen molar-refractivity contribution >= 4 is 0 Å². The Kier molecular flexibility index (Phi) is 2.01. The molecule has 0 bridgehead atoms. The maximum Gasteiger partial charge on any atom is 0.174 e. The fourth-order valence-electron chi connectivity index (χ4n) is 1.00. The summed E-state index contributed by atoms with van der Waals surface area (Å²) in [6, 6.07) is 5.32. The smallest absolute Gasteiger partial charge is 0.174 e. The third-order valence-electron chi connectivity index (χ3n) is 1.58. The molecule has 0 aliphatic rings. The SMILES string of the molecule is OCc1cccc(-n2nccn2)n1. The fourth-order valence-corrected chi connectivity index (χ4v) is 1.00. The molecular formula is C8H8N4O. The normalized spacial score (nSPS) is 10.2. The molecule has 1 N–H and O–H groups in total. The van der Waals surface area contributed by atoms with Gasteiger partial charge in [0.05, 0.1) is 24.7 Å². The van der Waals surface area contributed by atoms with Gasteiger partial charge in [-0.25, -0.2) is 4.98 Å². The summed E-state index contributed by atoms with van der Waals surface area (Å²) in [7, 11) is 0. The minimum Gasteiger partial charge on any atom is -0.390 e. The topological polar surface area (TPSA) is 63.8 Å². The fraction of sp³-hybridized carbons (Fsp3) is 0.125. The molecule has 0 aliphatic carbocycles. The van der Waals surface area contributed by atoms with Crippen molar-refractivity contribution in [3.05, 3.63) is 36.3 Å². The van der Waals surface area contributed by atoms with Crippen LogP contribution in [0.1, 0.15) is 5.69 Å². The zero-order chi connectivity index (χ0) is 9.10. The van der Waals surface area contributed by atoms with E-state index in [-0.39, 0.29) is 6.61 Å². The van der Waals surface area contributed by atoms with Gasteiger partial charge in [-0.3, -0.25) is 0 Å². The van der Waals surface area contributed by atoms with E-state index >= 15 is 0 Å². The zero-order valence-corrected chi connectivity index (χ0v) is 6.83. The number of rotatable bonds is 2. The minimum atomic E-state index is -0.0743. The highest BCUT2D eigenvalue weighted by molar-refractivity contribution is 5.21. The van der Waals surface area contributed by atoms with E-state index in [1.807, 2.05) is 0 Å². The number of hydrogen-bond acceptors (Lipinski definition) is 4. The van der Waals surface area contributed by atoms with Crippen LogP contribution in [0.5, 0.6) is 0 Å². The van der Waals surface area contributed by atoms with Gasteiger partial charge in [-0.15, -0.1) is 4.80 Å². The number of hydrogen-bond donors (Lipinski definition) is 1. The summed E-state index contributed by atoms with van der Waals surface area (Å²) in [5.41, 5.74) is 0.606. The van der Waals surface area contributed by atoms with Crippen LogP contribution in [0.2, 0.25) is 0 Å². The van der Waals surface area contributed by atoms with E-state index in [0.29, 0.717) is 11.5 Å². The zero-order valence-electron chi connectivity index (χ0n) is 6.83. The van der Waals surface area contributed by atoms with Crippen LogP contribution in [-0.4, -0.2) is 25.1 Å². The molecule has 0 radical (unpaired) electrons. The van der Waals surface area contributed by atoms with Crippen molar-refractivity contribution in [3.63, 3.8) is 0 Å². The average Bonchev–Trinajstić information content (AvgIpc) is 2.71. The van der Waals surface area contributed by atoms with E-state index in [0.717, 1.165) is 0 Å². The lowest BCUT2D eigenvalue weighted by Gasteiger charge is -1.99. The summed E-state index contributed by atoms with van der Waals surface area (Å²) in [6.07, 6.45) is 3.15. The monoisotopic (exact) mass is 176 g/mol. The van der Waals surface area contributed by atoms with E-state index in [2.05, 4.69) is 15.2 Å². The minimum absolute atomic E-state index is 0.0743. The molecule has 5 nitrogen and oxygen atoms in total. The lowest BCUT2D eigenvalue weighted by Crippen LogP contribution is -2.03. The van der Waals surface area contributed by atoms with Crippen LogP contribution in [0.3, 0.4) is 0 Å². The van der Waals surface area contributed by atoms with Gasteiger partial charge in [0, 0.05) is 0 Å². The van der Waals surface area contributed by atoms with E-state index < -0.39 is 0 Å². The number of aromatic nitrogens is 4. The Labute approximate surface area is 74.7 Å². The molecule has 2 heterocycles. The van der Waals surface area contributed by atoms with Gasteiger partial charge in [0.1, 0.15) is 0 Å². The summed E-state index contributed by atoms with van der Waals surface area (Å²) >= 11 is 0. The average molecular weight is 176 g/mol. The van der Waals surface area contributed by atoms with Crippen LogP contribution in [0.15, 0.2) is 30.6 Å². The van der Waals surface area contributed by atoms with E-state index in [1.54, 1.807) is 30.6 Å². The standard InChI is InChI=1S/C8H8N4O/c13-6-7-2-1-3-8(11-7)12-9-4-5-10-12/h1-5,13H,6H2. The molecule has 5 heteroatoms. The quantitative estimate of drug-likeness (QED) is 0.707. The predicted octanol–water partition coefficient (Wildman–Crippen LogP) is 0.155. The molecule has 0 aliphatic heterocycles. The lowest BCUT2D eigenvalue weighted by molar-refractivity contribution is 0.276. The number of aliphatic hydroxyl groups is 1. The first kappa shape index (κ1) is 7.88. The highest BCUT2D eigenvalue weighted by atomic mass is 16.3. The molecule has 0 saturated carbocycles. The summed E-state index contributed by atoms with van der Waals surface area (Å²) in [4.78, 5) is 5.52. The maximum atomic E-state index is 8.85. The highest BCUT2D eigenvalue weighted by Gasteiger charge is 1.99. The van der Waals surface area contributed by atoms with Gasteiger partial charge in [0.25, 0.3) is 0 Å². The first-order chi connectivity index (χ1) is 6.40. The van der Waals surface area contributed by atoms with Gasteiger partial charge < -0.3 is 5.11 Å². The lowest BCUT2D eigenvalue weighted by atomic mass is 10.3. The second-order valence-corrected chi connectivity index (χ2v) is 2.46. The Balaban J connectivity index is 2.41. The summed E-state index contributed by atoms with van der Waals surface area (Å²) in [5, 5.41) is 16.7. The third kappa shape index (κ3) is 1.54. The number of pyridine rings is 1. The Morgan fingerprint density at radius 3 is 2.69 bits per heavy atom. The Morgan fingerprint density at radius 1 is 1.23 bits per heavy atom. The van der Waals surface area contributed by atoms with Crippen molar-refractivity contribution in [2.24, 2.45) is 0 Å². The molecule has 2 rings (SSSR count). The molecule has 0 fully saturated rings. The van der Waals surface area contributed by atoms with Crippen molar-refractivity contribution in [1.29, 1.82) is 0 Å². The van der Waals surface area contributed by atoms with E-state index in [1.165, 1.54) is 4.80 Å². The molecule has 0 unspecified atom stereocenters. The molecule has 0 spiro atoms. The van der Waals surface area contributed by atoms with Crippen molar-refractivity contribution in [2.45, 2.75) is 6.61 Å². The van der Waals surface area contributed by atoms with Crippen molar-refractivity contribution in [1.82, 2.24) is 20.0 Å². The Hall–Kier alpha value is -1.75. The van der Waals surface area contributed by atoms with Gasteiger partial charge in [-0.1, -0.05) is 6.07 Å². The van der Waals surface area contributed by atoms with Crippen LogP contribution in [0.25, 0.3) is 5.82 Å². The van der Waals surface area contributed by atoms with E-state index in [4.69, 9.17) is 5.11 Å². The van der Waals surface area contributed by atoms with E-state index in [9.17, 15) is 0 Å². The molecule has 66 valence electrons. The maximum absolute atomic E-state index is 8.85. The molecule has 0 saturated heterocycles. The molecule has 13 heavy (non-hydrogen) atoms. The first-order valence-electron chi connectivity index (χ1n) is 3.83. The molecule has 0 aromatic carbocycles. The number of nitrogens with zero attached hydrogens (tertiary/aromatic N) is 4. The van der Waals surface area contributed by atoms with Gasteiger partial charge in [-0.2, -0.15) is 10.2 Å². The van der Waals surface area contributed by atoms with Crippen LogP contribution in [-0.2, 0) is 6.61 Å². The molecule has 0 amide bonds. The third-order valence-corrected chi connectivity index (χ3v) is 1.58. The molecular weight excluding hydrogens is 168 g/mol. The highest BCUT2D eigenvalue weighted by Crippen LogP contribution is 2.02. The van der Waals surface area contributed by atoms with Crippen molar-refractivity contribution in [2.75, 3.05) is 0 Å². The van der Waals surface area contributed by atoms with Gasteiger partial charge in [0.15, 0.2) is 5.82 Å². The summed E-state index contributed by atoms with van der Waals surface area (Å²) in [5.74, 6) is 0.608. The largest absolute Gasteiger partial charge is 0.390 e. The molecule has 0 atom stereocenters. The second-order valence-electron chi connectivity index (χ2n) is 2.46. The van der Waals surface area contributed by atoms with Crippen molar-refractivity contribution < 1.29 is 5.11 Å². The summed E-state index contributed by atoms with van der Waals surface area (Å²) in [6.45, 7) is -0.0743.